The van der Waals surface area contributed by atoms with Crippen LogP contribution in [-0.2, 0) is 6.42 Å². The van der Waals surface area contributed by atoms with Gasteiger partial charge in [-0.15, -0.1) is 0 Å². The van der Waals surface area contributed by atoms with Gasteiger partial charge >= 0.3 is 0 Å². The quantitative estimate of drug-likeness (QED) is 0.750. The molecule has 2 heteroatoms. The Hall–Kier alpha value is -2.09. The van der Waals surface area contributed by atoms with Crippen LogP contribution in [0.15, 0.2) is 48.5 Å². The first-order valence-corrected chi connectivity index (χ1v) is 8.86. The predicted molar refractivity (Wildman–Crippen MR) is 102 cm³/mol. The molecule has 0 aliphatic carbocycles. The number of aryl methyl sites for hydroxylation is 1. The monoisotopic (exact) mass is 323 g/mol. The maximum atomic E-state index is 12.2. The number of carbonyl (C=O) groups excluding carboxylic acids is 1. The fourth-order valence-electron chi connectivity index (χ4n) is 2.62. The molecule has 0 fully saturated rings. The van der Waals surface area contributed by atoms with Gasteiger partial charge in [-0.3, -0.25) is 4.79 Å². The fourth-order valence-corrected chi connectivity index (χ4v) is 2.62. The van der Waals surface area contributed by atoms with Gasteiger partial charge in [0.1, 0.15) is 0 Å². The first-order valence-electron chi connectivity index (χ1n) is 8.86. The van der Waals surface area contributed by atoms with Gasteiger partial charge in [0.15, 0.2) is 0 Å². The molecule has 1 N–H and O–H groups in total. The molecule has 0 saturated carbocycles. The van der Waals surface area contributed by atoms with Crippen LogP contribution in [0.5, 0.6) is 0 Å². The number of carbonyl (C=O) groups is 1. The molecule has 128 valence electrons. The summed E-state index contributed by atoms with van der Waals surface area (Å²) in [4.78, 5) is 12.2. The van der Waals surface area contributed by atoms with E-state index in [1.165, 1.54) is 17.5 Å². The van der Waals surface area contributed by atoms with Crippen LogP contribution < -0.4 is 5.32 Å². The second kappa shape index (κ2) is 8.14. The second-order valence-electron chi connectivity index (χ2n) is 7.59. The van der Waals surface area contributed by atoms with Crippen LogP contribution in [0.2, 0.25) is 0 Å². The van der Waals surface area contributed by atoms with E-state index in [9.17, 15) is 4.79 Å². The van der Waals surface area contributed by atoms with Crippen LogP contribution in [0.1, 0.15) is 56.5 Å². The summed E-state index contributed by atoms with van der Waals surface area (Å²) in [6, 6.07) is 16.5. The van der Waals surface area contributed by atoms with Gasteiger partial charge in [-0.25, -0.2) is 0 Å². The minimum Gasteiger partial charge on any atom is -0.352 e. The Bertz CT molecular complexity index is 648. The Morgan fingerprint density at radius 1 is 0.917 bits per heavy atom. The van der Waals surface area contributed by atoms with Crippen molar-refractivity contribution in [3.05, 3.63) is 59.7 Å². The van der Waals surface area contributed by atoms with Crippen LogP contribution in [0.3, 0.4) is 0 Å². The Morgan fingerprint density at radius 2 is 1.46 bits per heavy atom. The van der Waals surface area contributed by atoms with Gasteiger partial charge in [-0.2, -0.15) is 0 Å². The fraction of sp³-hybridized carbons (Fsp3) is 0.409. The predicted octanol–water partition coefficient (Wildman–Crippen LogP) is 5.47. The third-order valence-electron chi connectivity index (χ3n) is 4.13. The first kappa shape index (κ1) is 18.3. The summed E-state index contributed by atoms with van der Waals surface area (Å²) < 4.78 is 0. The topological polar surface area (TPSA) is 29.1 Å². The molecule has 0 bridgehead atoms. The minimum atomic E-state index is 0.00379. The summed E-state index contributed by atoms with van der Waals surface area (Å²) in [5, 5.41) is 3.00. The van der Waals surface area contributed by atoms with E-state index in [1.807, 2.05) is 24.3 Å². The molecule has 2 nitrogen and oxygen atoms in total. The lowest BCUT2D eigenvalue weighted by Crippen LogP contribution is -2.27. The summed E-state index contributed by atoms with van der Waals surface area (Å²) in [7, 11) is 0. The Kier molecular flexibility index (Phi) is 6.19. The first-order chi connectivity index (χ1) is 11.4. The average Bonchev–Trinajstić information content (AvgIpc) is 2.55. The van der Waals surface area contributed by atoms with E-state index in [0.29, 0.717) is 6.54 Å². The van der Waals surface area contributed by atoms with Crippen LogP contribution >= 0.6 is 0 Å². The maximum Gasteiger partial charge on any atom is 0.251 e. The zero-order chi connectivity index (χ0) is 17.6. The zero-order valence-electron chi connectivity index (χ0n) is 15.4. The van der Waals surface area contributed by atoms with Gasteiger partial charge in [0.05, 0.1) is 0 Å². The second-order valence-corrected chi connectivity index (χ2v) is 7.59. The standard InChI is InChI=1S/C22H29NO/c1-5-6-17-7-9-18(10-8-17)19-11-13-20(14-12-19)21(24)23-16-15-22(2,3)4/h7-14H,5-6,15-16H2,1-4H3,(H,23,24). The molecule has 24 heavy (non-hydrogen) atoms. The molecule has 0 aromatic heterocycles. The Balaban J connectivity index is 1.98. The summed E-state index contributed by atoms with van der Waals surface area (Å²) in [6.45, 7) is 9.45. The molecule has 0 atom stereocenters. The van der Waals surface area contributed by atoms with Crippen molar-refractivity contribution in [3.63, 3.8) is 0 Å². The van der Waals surface area contributed by atoms with Crippen molar-refractivity contribution in [1.29, 1.82) is 0 Å². The van der Waals surface area contributed by atoms with Crippen molar-refractivity contribution in [2.45, 2.75) is 47.0 Å². The number of benzene rings is 2. The molecule has 0 spiro atoms. The highest BCUT2D eigenvalue weighted by Gasteiger charge is 2.11. The van der Waals surface area contributed by atoms with Crippen molar-refractivity contribution in [1.82, 2.24) is 5.32 Å². The molecule has 0 radical (unpaired) electrons. The highest BCUT2D eigenvalue weighted by Crippen LogP contribution is 2.21. The lowest BCUT2D eigenvalue weighted by molar-refractivity contribution is 0.0949. The summed E-state index contributed by atoms with van der Waals surface area (Å²) in [5.74, 6) is 0.00379. The van der Waals surface area contributed by atoms with E-state index >= 15 is 0 Å². The van der Waals surface area contributed by atoms with Gasteiger partial charge in [0, 0.05) is 12.1 Å². The van der Waals surface area contributed by atoms with Crippen molar-refractivity contribution in [3.8, 4) is 11.1 Å². The van der Waals surface area contributed by atoms with Crippen LogP contribution in [0, 0.1) is 5.41 Å². The number of nitrogens with one attached hydrogen (secondary N) is 1. The maximum absolute atomic E-state index is 12.2. The molecular formula is C22H29NO. The largest absolute Gasteiger partial charge is 0.352 e. The SMILES string of the molecule is CCCc1ccc(-c2ccc(C(=O)NCCC(C)(C)C)cc2)cc1. The normalized spacial score (nSPS) is 11.3. The highest BCUT2D eigenvalue weighted by molar-refractivity contribution is 5.94. The van der Waals surface area contributed by atoms with Crippen LogP contribution in [0.25, 0.3) is 11.1 Å². The number of hydrogen-bond donors (Lipinski definition) is 1. The molecule has 0 heterocycles. The average molecular weight is 323 g/mol. The number of hydrogen-bond acceptors (Lipinski definition) is 1. The molecular weight excluding hydrogens is 294 g/mol. The van der Waals surface area contributed by atoms with E-state index in [1.54, 1.807) is 0 Å². The van der Waals surface area contributed by atoms with Gasteiger partial charge in [0.25, 0.3) is 5.91 Å². The molecule has 0 saturated heterocycles. The molecule has 2 rings (SSSR count). The van der Waals surface area contributed by atoms with Crippen molar-refractivity contribution >= 4 is 5.91 Å². The summed E-state index contributed by atoms with van der Waals surface area (Å²) in [6.07, 6.45) is 3.26. The van der Waals surface area contributed by atoms with E-state index in [0.717, 1.165) is 24.0 Å². The van der Waals surface area contributed by atoms with E-state index in [4.69, 9.17) is 0 Å². The van der Waals surface area contributed by atoms with E-state index in [2.05, 4.69) is 57.3 Å². The molecule has 1 amide bonds. The van der Waals surface area contributed by atoms with Crippen molar-refractivity contribution < 1.29 is 4.79 Å². The van der Waals surface area contributed by atoms with Crippen LogP contribution in [0.4, 0.5) is 0 Å². The van der Waals surface area contributed by atoms with E-state index < -0.39 is 0 Å². The van der Waals surface area contributed by atoms with E-state index in [-0.39, 0.29) is 11.3 Å². The van der Waals surface area contributed by atoms with Gasteiger partial charge < -0.3 is 5.32 Å². The Labute approximate surface area is 146 Å². The van der Waals surface area contributed by atoms with Gasteiger partial charge in [-0.1, -0.05) is 70.5 Å². The zero-order valence-corrected chi connectivity index (χ0v) is 15.4. The van der Waals surface area contributed by atoms with Crippen LogP contribution in [-0.4, -0.2) is 12.5 Å². The highest BCUT2D eigenvalue weighted by atomic mass is 16.1. The lowest BCUT2D eigenvalue weighted by atomic mass is 9.92. The lowest BCUT2D eigenvalue weighted by Gasteiger charge is -2.18. The molecule has 0 aliphatic heterocycles. The smallest absolute Gasteiger partial charge is 0.251 e. The summed E-state index contributed by atoms with van der Waals surface area (Å²) >= 11 is 0. The minimum absolute atomic E-state index is 0.00379. The van der Waals surface area contributed by atoms with Gasteiger partial charge in [0.2, 0.25) is 0 Å². The molecule has 0 aliphatic rings. The summed E-state index contributed by atoms with van der Waals surface area (Å²) in [5.41, 5.74) is 4.66. The van der Waals surface area contributed by atoms with Crippen molar-refractivity contribution in [2.75, 3.05) is 6.54 Å². The van der Waals surface area contributed by atoms with Crippen molar-refractivity contribution in [2.24, 2.45) is 5.41 Å². The molecule has 2 aromatic carbocycles. The van der Waals surface area contributed by atoms with Gasteiger partial charge in [-0.05, 0) is 47.1 Å². The Morgan fingerprint density at radius 3 is 1.96 bits per heavy atom. The molecule has 2 aromatic rings. The molecule has 0 unspecified atom stereocenters. The third kappa shape index (κ3) is 5.52. The number of rotatable bonds is 6. The number of amides is 1. The third-order valence-corrected chi connectivity index (χ3v) is 4.13.